The van der Waals surface area contributed by atoms with E-state index >= 15 is 0 Å². The van der Waals surface area contributed by atoms with E-state index in [9.17, 15) is 9.59 Å². The van der Waals surface area contributed by atoms with Gasteiger partial charge in [0.15, 0.2) is 0 Å². The maximum atomic E-state index is 11.0. The Labute approximate surface area is 130 Å². The molecule has 2 aliphatic carbocycles. The number of rotatable bonds is 2. The lowest BCUT2D eigenvalue weighted by Crippen LogP contribution is -2.25. The average molecular weight is 296 g/mol. The molecular formula is C17H32N2O2. The monoisotopic (exact) mass is 296 g/mol. The van der Waals surface area contributed by atoms with Crippen LogP contribution in [0.4, 0.5) is 0 Å². The lowest BCUT2D eigenvalue weighted by Gasteiger charge is -2.17. The smallest absolute Gasteiger partial charge is 0.248 e. The van der Waals surface area contributed by atoms with E-state index in [1.54, 1.807) is 26.0 Å². The summed E-state index contributed by atoms with van der Waals surface area (Å²) in [6.45, 7) is 8.00. The van der Waals surface area contributed by atoms with Crippen LogP contribution in [0.3, 0.4) is 0 Å². The summed E-state index contributed by atoms with van der Waals surface area (Å²) in [5, 5.41) is 2.56. The highest BCUT2D eigenvalue weighted by Crippen LogP contribution is 2.18. The molecule has 2 amide bonds. The topological polar surface area (TPSA) is 49.4 Å². The Morgan fingerprint density at radius 1 is 0.952 bits per heavy atom. The molecule has 0 radical (unpaired) electrons. The van der Waals surface area contributed by atoms with Crippen molar-refractivity contribution in [3.05, 3.63) is 23.3 Å². The van der Waals surface area contributed by atoms with Crippen LogP contribution in [0.25, 0.3) is 0 Å². The first-order valence-electron chi connectivity index (χ1n) is 7.88. The maximum absolute atomic E-state index is 11.0. The Balaban J connectivity index is 0. The van der Waals surface area contributed by atoms with Gasteiger partial charge in [-0.05, 0) is 25.7 Å². The minimum absolute atomic E-state index is 0.0799. The molecule has 4 heteroatoms. The number of likely N-dealkylation sites (N-methyl/N-ethyl adjacent to an activating group) is 2. The lowest BCUT2D eigenvalue weighted by molar-refractivity contribution is -0.125. The Morgan fingerprint density at radius 3 is 1.43 bits per heavy atom. The van der Waals surface area contributed by atoms with Crippen molar-refractivity contribution >= 4 is 11.8 Å². The summed E-state index contributed by atoms with van der Waals surface area (Å²) in [7, 11) is 5.21. The Morgan fingerprint density at radius 2 is 1.33 bits per heavy atom. The molecule has 2 rings (SSSR count). The van der Waals surface area contributed by atoms with Crippen molar-refractivity contribution in [1.29, 1.82) is 0 Å². The lowest BCUT2D eigenvalue weighted by atomic mass is 9.98. The molecule has 0 spiro atoms. The molecule has 0 aliphatic heterocycles. The molecule has 0 heterocycles. The van der Waals surface area contributed by atoms with Crippen molar-refractivity contribution in [2.45, 2.75) is 53.4 Å². The molecule has 2 aliphatic rings. The van der Waals surface area contributed by atoms with Crippen molar-refractivity contribution in [3.63, 3.8) is 0 Å². The number of nitrogens with zero attached hydrogens (tertiary/aromatic N) is 1. The van der Waals surface area contributed by atoms with E-state index in [1.807, 2.05) is 39.8 Å². The predicted molar refractivity (Wildman–Crippen MR) is 90.1 cm³/mol. The molecule has 0 bridgehead atoms. The highest BCUT2D eigenvalue weighted by atomic mass is 16.2. The van der Waals surface area contributed by atoms with Crippen LogP contribution in [0.2, 0.25) is 0 Å². The summed E-state index contributed by atoms with van der Waals surface area (Å²) < 4.78 is 0. The molecular weight excluding hydrogens is 264 g/mol. The van der Waals surface area contributed by atoms with E-state index in [1.165, 1.54) is 0 Å². The SMILES string of the molecule is CC.CC.CN(C)C(=O)C1=CCC1.CNC(=O)C1=CCC1. The van der Waals surface area contributed by atoms with Crippen LogP contribution < -0.4 is 5.32 Å². The van der Waals surface area contributed by atoms with Crippen LogP contribution in [-0.2, 0) is 9.59 Å². The van der Waals surface area contributed by atoms with Crippen molar-refractivity contribution in [1.82, 2.24) is 10.2 Å². The van der Waals surface area contributed by atoms with Gasteiger partial charge in [0.05, 0.1) is 0 Å². The molecule has 0 atom stereocenters. The Hall–Kier alpha value is -1.58. The van der Waals surface area contributed by atoms with Gasteiger partial charge in [0.1, 0.15) is 0 Å². The van der Waals surface area contributed by atoms with Gasteiger partial charge in [0.2, 0.25) is 11.8 Å². The molecule has 0 aromatic heterocycles. The number of carbonyl (C=O) groups is 2. The molecule has 21 heavy (non-hydrogen) atoms. The standard InChI is InChI=1S/C7H11NO.C6H9NO.2C2H6/c1-8(2)7(9)6-4-3-5-6;1-7-6(8)5-3-2-4-5;2*1-2/h4H,3,5H2,1-2H3;3H,2,4H2,1H3,(H,7,8);2*1-2H3. The van der Waals surface area contributed by atoms with Gasteiger partial charge < -0.3 is 10.2 Å². The van der Waals surface area contributed by atoms with Crippen molar-refractivity contribution in [3.8, 4) is 0 Å². The third kappa shape index (κ3) is 8.33. The first-order valence-corrected chi connectivity index (χ1v) is 7.88. The van der Waals surface area contributed by atoms with Crippen molar-refractivity contribution in [2.24, 2.45) is 0 Å². The molecule has 0 saturated carbocycles. The maximum Gasteiger partial charge on any atom is 0.248 e. The number of hydrogen-bond donors (Lipinski definition) is 1. The van der Waals surface area contributed by atoms with E-state index in [-0.39, 0.29) is 11.8 Å². The van der Waals surface area contributed by atoms with Crippen LogP contribution >= 0.6 is 0 Å². The van der Waals surface area contributed by atoms with E-state index in [4.69, 9.17) is 0 Å². The van der Waals surface area contributed by atoms with Crippen LogP contribution in [-0.4, -0.2) is 37.9 Å². The summed E-state index contributed by atoms with van der Waals surface area (Å²) >= 11 is 0. The van der Waals surface area contributed by atoms with Gasteiger partial charge in [0, 0.05) is 32.3 Å². The van der Waals surface area contributed by atoms with Crippen molar-refractivity contribution < 1.29 is 9.59 Å². The summed E-state index contributed by atoms with van der Waals surface area (Å²) in [6, 6.07) is 0. The van der Waals surface area contributed by atoms with Crippen LogP contribution in [0, 0.1) is 0 Å². The van der Waals surface area contributed by atoms with Crippen LogP contribution in [0.1, 0.15) is 53.4 Å². The fourth-order valence-corrected chi connectivity index (χ4v) is 1.43. The minimum Gasteiger partial charge on any atom is -0.355 e. The number of carbonyl (C=O) groups excluding carboxylic acids is 2. The van der Waals surface area contributed by atoms with Gasteiger partial charge in [-0.2, -0.15) is 0 Å². The quantitative estimate of drug-likeness (QED) is 0.850. The second kappa shape index (κ2) is 13.4. The van der Waals surface area contributed by atoms with Gasteiger partial charge in [0.25, 0.3) is 0 Å². The molecule has 122 valence electrons. The van der Waals surface area contributed by atoms with Crippen LogP contribution in [0.5, 0.6) is 0 Å². The Kier molecular flexibility index (Phi) is 13.9. The fraction of sp³-hybridized carbons (Fsp3) is 0.647. The molecule has 1 N–H and O–H groups in total. The van der Waals surface area contributed by atoms with Gasteiger partial charge in [-0.15, -0.1) is 0 Å². The summed E-state index contributed by atoms with van der Waals surface area (Å²) in [6.07, 6.45) is 8.02. The highest BCUT2D eigenvalue weighted by Gasteiger charge is 2.15. The van der Waals surface area contributed by atoms with E-state index < -0.39 is 0 Å². The summed E-state index contributed by atoms with van der Waals surface area (Å²) in [5.74, 6) is 0.248. The van der Waals surface area contributed by atoms with Crippen molar-refractivity contribution in [2.75, 3.05) is 21.1 Å². The second-order valence-corrected chi connectivity index (χ2v) is 4.31. The van der Waals surface area contributed by atoms with E-state index in [2.05, 4.69) is 5.32 Å². The Bertz CT molecular complexity index is 369. The zero-order valence-electron chi connectivity index (χ0n) is 14.7. The third-order valence-corrected chi connectivity index (χ3v) is 2.81. The number of allylic oxidation sites excluding steroid dienone is 2. The molecule has 0 aromatic carbocycles. The summed E-state index contributed by atoms with van der Waals surface area (Å²) in [4.78, 5) is 23.2. The molecule has 0 fully saturated rings. The first kappa shape index (κ1) is 21.7. The van der Waals surface area contributed by atoms with Gasteiger partial charge in [-0.3, -0.25) is 9.59 Å². The van der Waals surface area contributed by atoms with E-state index in [0.717, 1.165) is 36.8 Å². The highest BCUT2D eigenvalue weighted by molar-refractivity contribution is 5.94. The number of nitrogens with one attached hydrogen (secondary N) is 1. The second-order valence-electron chi connectivity index (χ2n) is 4.31. The third-order valence-electron chi connectivity index (χ3n) is 2.81. The predicted octanol–water partition coefficient (Wildman–Crippen LogP) is 3.30. The first-order chi connectivity index (χ1) is 10.1. The average Bonchev–Trinajstić information content (AvgIpc) is 2.40. The van der Waals surface area contributed by atoms with E-state index in [0.29, 0.717) is 0 Å². The largest absolute Gasteiger partial charge is 0.355 e. The zero-order chi connectivity index (χ0) is 16.8. The van der Waals surface area contributed by atoms with Gasteiger partial charge >= 0.3 is 0 Å². The molecule has 4 nitrogen and oxygen atoms in total. The fourth-order valence-electron chi connectivity index (χ4n) is 1.43. The minimum atomic E-state index is 0.0799. The number of amides is 2. The number of hydrogen-bond acceptors (Lipinski definition) is 2. The van der Waals surface area contributed by atoms with Gasteiger partial charge in [-0.1, -0.05) is 39.8 Å². The summed E-state index contributed by atoms with van der Waals surface area (Å²) in [5.41, 5.74) is 1.91. The molecule has 0 unspecified atom stereocenters. The molecule has 0 aromatic rings. The normalized spacial score (nSPS) is 13.7. The zero-order valence-corrected chi connectivity index (χ0v) is 14.7. The van der Waals surface area contributed by atoms with Gasteiger partial charge in [-0.25, -0.2) is 0 Å². The molecule has 0 saturated heterocycles. The van der Waals surface area contributed by atoms with Crippen LogP contribution in [0.15, 0.2) is 23.3 Å².